The number of anilines is 1. The van der Waals surface area contributed by atoms with Gasteiger partial charge in [0.1, 0.15) is 0 Å². The van der Waals surface area contributed by atoms with Crippen LogP contribution in [0.4, 0.5) is 5.69 Å². The highest BCUT2D eigenvalue weighted by molar-refractivity contribution is 6.15. The van der Waals surface area contributed by atoms with Gasteiger partial charge in [-0.3, -0.25) is 0 Å². The fourth-order valence-electron chi connectivity index (χ4n) is 9.89. The largest absolute Gasteiger partial charge is 0.397 e. The number of nitrogens with two attached hydrogens (primary N) is 1. The van der Waals surface area contributed by atoms with Gasteiger partial charge in [-0.2, -0.15) is 5.26 Å². The Morgan fingerprint density at radius 3 is 0.908 bits per heavy atom. The molecular formula is C61H40N4. The van der Waals surface area contributed by atoms with Crippen LogP contribution in [0.3, 0.4) is 0 Å². The van der Waals surface area contributed by atoms with Gasteiger partial charge < -0.3 is 14.9 Å². The standard InChI is InChI=1S/C61H40N4/c62-39-49-38-54(63)60(64-55-30-26-45(40-16-6-1-7-17-40)34-50(55)51-35-46(27-31-56(51)64)41-18-8-2-9-19-41)61(59(49)44-24-14-5-15-25-44)65-57-32-28-47(42-20-10-3-11-21-42)36-52(57)53-37-48(29-33-58(53)65)43-22-12-4-13-23-43/h1-38H,63H2. The number of aromatic nitrogens is 2. The molecule has 0 unspecified atom stereocenters. The van der Waals surface area contributed by atoms with E-state index in [1.807, 2.05) is 24.3 Å². The van der Waals surface area contributed by atoms with Crippen LogP contribution < -0.4 is 5.73 Å². The second kappa shape index (κ2) is 15.5. The Morgan fingerprint density at radius 2 is 0.600 bits per heavy atom. The van der Waals surface area contributed by atoms with Crippen LogP contribution >= 0.6 is 0 Å². The van der Waals surface area contributed by atoms with Gasteiger partial charge in [0.2, 0.25) is 0 Å². The number of hydrogen-bond donors (Lipinski definition) is 1. The number of nitrogens with zero attached hydrogens (tertiary/aromatic N) is 3. The average molecular weight is 829 g/mol. The summed E-state index contributed by atoms with van der Waals surface area (Å²) in [5.74, 6) is 0. The van der Waals surface area contributed by atoms with Gasteiger partial charge in [0.05, 0.1) is 50.8 Å². The zero-order valence-corrected chi connectivity index (χ0v) is 35.4. The molecule has 2 aromatic heterocycles. The zero-order chi connectivity index (χ0) is 43.4. The first-order valence-electron chi connectivity index (χ1n) is 21.9. The number of rotatable bonds is 7. The van der Waals surface area contributed by atoms with Gasteiger partial charge in [0.15, 0.2) is 0 Å². The van der Waals surface area contributed by atoms with Crippen molar-refractivity contribution in [3.8, 4) is 73.1 Å². The first-order chi connectivity index (χ1) is 32.1. The molecule has 0 amide bonds. The summed E-state index contributed by atoms with van der Waals surface area (Å²) in [5.41, 5.74) is 25.0. The molecule has 2 heterocycles. The monoisotopic (exact) mass is 828 g/mol. The highest BCUT2D eigenvalue weighted by atomic mass is 15.1. The molecule has 0 spiro atoms. The molecule has 0 aliphatic rings. The van der Waals surface area contributed by atoms with Crippen molar-refractivity contribution in [2.24, 2.45) is 0 Å². The molecule has 12 rings (SSSR count). The first-order valence-corrected chi connectivity index (χ1v) is 21.9. The summed E-state index contributed by atoms with van der Waals surface area (Å²) >= 11 is 0. The van der Waals surface area contributed by atoms with Gasteiger partial charge in [0.25, 0.3) is 0 Å². The SMILES string of the molecule is N#Cc1cc(N)c(-n2c3ccc(-c4ccccc4)cc3c3cc(-c4ccccc4)ccc32)c(-n2c3ccc(-c4ccccc4)cc3c3cc(-c4ccccc4)ccc32)c1-c1ccccc1. The summed E-state index contributed by atoms with van der Waals surface area (Å²) in [6.45, 7) is 0. The van der Waals surface area contributed by atoms with Crippen LogP contribution in [-0.2, 0) is 0 Å². The van der Waals surface area contributed by atoms with Gasteiger partial charge in [-0.05, 0) is 105 Å². The zero-order valence-electron chi connectivity index (χ0n) is 35.4. The Hall–Kier alpha value is -8.91. The quantitative estimate of drug-likeness (QED) is 0.163. The van der Waals surface area contributed by atoms with E-state index in [4.69, 9.17) is 5.73 Å². The van der Waals surface area contributed by atoms with E-state index in [0.29, 0.717) is 11.3 Å². The summed E-state index contributed by atoms with van der Waals surface area (Å²) in [4.78, 5) is 0. The van der Waals surface area contributed by atoms with Gasteiger partial charge in [-0.15, -0.1) is 0 Å². The molecule has 0 saturated heterocycles. The van der Waals surface area contributed by atoms with E-state index < -0.39 is 0 Å². The van der Waals surface area contributed by atoms with Crippen LogP contribution in [0.5, 0.6) is 0 Å². The van der Waals surface area contributed by atoms with Gasteiger partial charge in [0, 0.05) is 27.1 Å². The third kappa shape index (κ3) is 6.29. The first kappa shape index (κ1) is 37.8. The molecule has 4 heteroatoms. The maximum Gasteiger partial charge on any atom is 0.0999 e. The predicted molar refractivity (Wildman–Crippen MR) is 271 cm³/mol. The molecule has 65 heavy (non-hydrogen) atoms. The van der Waals surface area contributed by atoms with Crippen molar-refractivity contribution in [1.82, 2.24) is 9.13 Å². The minimum absolute atomic E-state index is 0.503. The number of nitriles is 1. The molecule has 0 aliphatic carbocycles. The highest BCUT2D eigenvalue weighted by Gasteiger charge is 2.28. The molecule has 0 atom stereocenters. The van der Waals surface area contributed by atoms with E-state index in [-0.39, 0.29) is 0 Å². The average Bonchev–Trinajstić information content (AvgIpc) is 3.88. The maximum atomic E-state index is 11.1. The normalized spacial score (nSPS) is 11.4. The van der Waals surface area contributed by atoms with E-state index in [9.17, 15) is 5.26 Å². The Kier molecular flexibility index (Phi) is 9.00. The van der Waals surface area contributed by atoms with Crippen LogP contribution in [0.25, 0.3) is 111 Å². The summed E-state index contributed by atoms with van der Waals surface area (Å²) in [6.07, 6.45) is 0. The Labute approximate surface area is 376 Å². The molecule has 0 radical (unpaired) electrons. The van der Waals surface area contributed by atoms with Crippen molar-refractivity contribution in [2.45, 2.75) is 0 Å². The fraction of sp³-hybridized carbons (Fsp3) is 0. The van der Waals surface area contributed by atoms with Crippen LogP contribution in [0, 0.1) is 11.3 Å². The predicted octanol–water partition coefficient (Wildman–Crippen LogP) is 15.7. The van der Waals surface area contributed by atoms with Crippen LogP contribution in [0.2, 0.25) is 0 Å². The molecule has 0 saturated carbocycles. The summed E-state index contributed by atoms with van der Waals surface area (Å²) < 4.78 is 4.69. The molecule has 4 nitrogen and oxygen atoms in total. The smallest absolute Gasteiger partial charge is 0.0999 e. The van der Waals surface area contributed by atoms with Gasteiger partial charge >= 0.3 is 0 Å². The topological polar surface area (TPSA) is 59.7 Å². The lowest BCUT2D eigenvalue weighted by molar-refractivity contribution is 1.10. The minimum Gasteiger partial charge on any atom is -0.397 e. The molecule has 0 fully saturated rings. The van der Waals surface area contributed by atoms with Crippen LogP contribution in [0.15, 0.2) is 231 Å². The molecule has 304 valence electrons. The minimum atomic E-state index is 0.503. The van der Waals surface area contributed by atoms with Crippen molar-refractivity contribution in [1.29, 1.82) is 5.26 Å². The Balaban J connectivity index is 1.24. The van der Waals surface area contributed by atoms with E-state index in [2.05, 4.69) is 221 Å². The van der Waals surface area contributed by atoms with Gasteiger partial charge in [-0.25, -0.2) is 0 Å². The van der Waals surface area contributed by atoms with E-state index >= 15 is 0 Å². The molecular weight excluding hydrogens is 789 g/mol. The van der Waals surface area contributed by atoms with E-state index in [0.717, 1.165) is 111 Å². The summed E-state index contributed by atoms with van der Waals surface area (Å²) in [6, 6.07) is 83.9. The fourth-order valence-corrected chi connectivity index (χ4v) is 9.89. The Morgan fingerprint density at radius 1 is 0.308 bits per heavy atom. The molecule has 0 bridgehead atoms. The summed E-state index contributed by atoms with van der Waals surface area (Å²) in [5, 5.41) is 15.5. The third-order valence-electron chi connectivity index (χ3n) is 12.9. The molecule has 2 N–H and O–H groups in total. The van der Waals surface area contributed by atoms with Crippen molar-refractivity contribution < 1.29 is 0 Å². The lowest BCUT2D eigenvalue weighted by Crippen LogP contribution is -2.10. The second-order valence-corrected chi connectivity index (χ2v) is 16.6. The number of fused-ring (bicyclic) bond motifs is 6. The third-order valence-corrected chi connectivity index (χ3v) is 12.9. The van der Waals surface area contributed by atoms with Crippen molar-refractivity contribution in [3.63, 3.8) is 0 Å². The number of nitrogen functional groups attached to an aromatic ring is 1. The van der Waals surface area contributed by atoms with Gasteiger partial charge in [-0.1, -0.05) is 176 Å². The van der Waals surface area contributed by atoms with E-state index in [1.165, 1.54) is 0 Å². The lowest BCUT2D eigenvalue weighted by atomic mass is 9.95. The lowest BCUT2D eigenvalue weighted by Gasteiger charge is -2.23. The molecule has 10 aromatic carbocycles. The number of benzene rings is 10. The van der Waals surface area contributed by atoms with Crippen LogP contribution in [0.1, 0.15) is 5.56 Å². The maximum absolute atomic E-state index is 11.1. The van der Waals surface area contributed by atoms with Crippen molar-refractivity contribution in [3.05, 3.63) is 236 Å². The summed E-state index contributed by atoms with van der Waals surface area (Å²) in [7, 11) is 0. The molecule has 12 aromatic rings. The Bertz CT molecular complexity index is 3610. The van der Waals surface area contributed by atoms with Crippen LogP contribution in [-0.4, -0.2) is 9.13 Å². The van der Waals surface area contributed by atoms with E-state index in [1.54, 1.807) is 0 Å². The highest BCUT2D eigenvalue weighted by Crippen LogP contribution is 2.47. The van der Waals surface area contributed by atoms with Crippen molar-refractivity contribution >= 4 is 49.3 Å². The second-order valence-electron chi connectivity index (χ2n) is 16.6. The molecule has 0 aliphatic heterocycles. The van der Waals surface area contributed by atoms with Crippen molar-refractivity contribution in [2.75, 3.05) is 5.73 Å². The number of hydrogen-bond acceptors (Lipinski definition) is 2.